The molecule has 0 aliphatic rings. The average molecular weight is 317 g/mol. The standard InChI is InChI=1S/C12H19N3O5S/c1-19-5-3-15(4-6-20-2)12(18)13-7-10-14-9(8-21-10)11(16)17/h8H,3-7H2,1-2H3,(H,13,18)(H,16,17). The third-order valence-corrected chi connectivity index (χ3v) is 3.43. The maximum Gasteiger partial charge on any atom is 0.355 e. The highest BCUT2D eigenvalue weighted by Crippen LogP contribution is 2.09. The van der Waals surface area contributed by atoms with Crippen LogP contribution in [0.1, 0.15) is 15.5 Å². The lowest BCUT2D eigenvalue weighted by Crippen LogP contribution is -2.43. The Morgan fingerprint density at radius 3 is 2.43 bits per heavy atom. The van der Waals surface area contributed by atoms with Gasteiger partial charge in [-0.25, -0.2) is 14.6 Å². The first-order valence-corrected chi connectivity index (χ1v) is 7.14. The van der Waals surface area contributed by atoms with Gasteiger partial charge in [-0.1, -0.05) is 0 Å². The fraction of sp³-hybridized carbons (Fsp3) is 0.583. The van der Waals surface area contributed by atoms with Crippen molar-refractivity contribution < 1.29 is 24.2 Å². The van der Waals surface area contributed by atoms with Crippen LogP contribution >= 0.6 is 11.3 Å². The van der Waals surface area contributed by atoms with E-state index in [-0.39, 0.29) is 18.3 Å². The van der Waals surface area contributed by atoms with Gasteiger partial charge in [-0.15, -0.1) is 11.3 Å². The van der Waals surface area contributed by atoms with Crippen LogP contribution in [0.5, 0.6) is 0 Å². The summed E-state index contributed by atoms with van der Waals surface area (Å²) in [6.07, 6.45) is 0. The van der Waals surface area contributed by atoms with Crippen LogP contribution in [0, 0.1) is 0 Å². The summed E-state index contributed by atoms with van der Waals surface area (Å²) in [7, 11) is 3.13. The molecule has 0 saturated heterocycles. The van der Waals surface area contributed by atoms with Crippen molar-refractivity contribution in [3.05, 3.63) is 16.1 Å². The molecule has 2 N–H and O–H groups in total. The first kappa shape index (κ1) is 17.3. The molecule has 1 rings (SSSR count). The summed E-state index contributed by atoms with van der Waals surface area (Å²) in [6.45, 7) is 1.94. The molecule has 0 saturated carbocycles. The Kier molecular flexibility index (Phi) is 7.65. The first-order valence-electron chi connectivity index (χ1n) is 6.26. The summed E-state index contributed by atoms with van der Waals surface area (Å²) in [5, 5.41) is 13.5. The van der Waals surface area contributed by atoms with Crippen LogP contribution in [0.2, 0.25) is 0 Å². The lowest BCUT2D eigenvalue weighted by molar-refractivity contribution is 0.0691. The minimum atomic E-state index is -1.08. The van der Waals surface area contributed by atoms with Gasteiger partial charge in [-0.3, -0.25) is 0 Å². The Bertz CT molecular complexity index is 458. The van der Waals surface area contributed by atoms with E-state index in [9.17, 15) is 9.59 Å². The van der Waals surface area contributed by atoms with Gasteiger partial charge in [-0.05, 0) is 0 Å². The molecule has 0 atom stereocenters. The zero-order valence-corrected chi connectivity index (χ0v) is 12.8. The van der Waals surface area contributed by atoms with Crippen molar-refractivity contribution in [2.24, 2.45) is 0 Å². The molecule has 0 radical (unpaired) electrons. The molecule has 0 fully saturated rings. The normalized spacial score (nSPS) is 10.4. The van der Waals surface area contributed by atoms with Crippen molar-refractivity contribution in [1.29, 1.82) is 0 Å². The lowest BCUT2D eigenvalue weighted by atomic mass is 10.5. The van der Waals surface area contributed by atoms with E-state index < -0.39 is 5.97 Å². The molecule has 0 aliphatic heterocycles. The molecule has 0 unspecified atom stereocenters. The molecular formula is C12H19N3O5S. The summed E-state index contributed by atoms with van der Waals surface area (Å²) in [5.74, 6) is -1.08. The summed E-state index contributed by atoms with van der Waals surface area (Å²) in [5.41, 5.74) is -0.0140. The van der Waals surface area contributed by atoms with E-state index in [4.69, 9.17) is 14.6 Å². The van der Waals surface area contributed by atoms with Crippen molar-refractivity contribution in [2.75, 3.05) is 40.5 Å². The zero-order chi connectivity index (χ0) is 15.7. The zero-order valence-electron chi connectivity index (χ0n) is 12.0. The molecule has 0 aliphatic carbocycles. The van der Waals surface area contributed by atoms with Crippen LogP contribution in [0.4, 0.5) is 4.79 Å². The minimum Gasteiger partial charge on any atom is -0.476 e. The van der Waals surface area contributed by atoms with Gasteiger partial charge in [0.1, 0.15) is 5.01 Å². The SMILES string of the molecule is COCCN(CCOC)C(=O)NCc1nc(C(=O)O)cs1. The second-order valence-corrected chi connectivity index (χ2v) is 5.01. The number of carbonyl (C=O) groups excluding carboxylic acids is 1. The minimum absolute atomic E-state index is 0.0140. The van der Waals surface area contributed by atoms with Gasteiger partial charge >= 0.3 is 12.0 Å². The van der Waals surface area contributed by atoms with Gasteiger partial charge in [0, 0.05) is 32.7 Å². The van der Waals surface area contributed by atoms with E-state index in [0.717, 1.165) is 0 Å². The highest BCUT2D eigenvalue weighted by molar-refractivity contribution is 7.09. The fourth-order valence-electron chi connectivity index (χ4n) is 1.47. The molecule has 0 spiro atoms. The summed E-state index contributed by atoms with van der Waals surface area (Å²) in [6, 6.07) is -0.267. The van der Waals surface area contributed by atoms with E-state index in [1.807, 2.05) is 0 Å². The Hall–Kier alpha value is -1.71. The van der Waals surface area contributed by atoms with Gasteiger partial charge < -0.3 is 24.8 Å². The van der Waals surface area contributed by atoms with E-state index in [1.165, 1.54) is 16.7 Å². The third-order valence-electron chi connectivity index (χ3n) is 2.58. The Balaban J connectivity index is 2.48. The molecule has 0 bridgehead atoms. The highest BCUT2D eigenvalue weighted by Gasteiger charge is 2.14. The van der Waals surface area contributed by atoms with Gasteiger partial charge in [0.25, 0.3) is 0 Å². The van der Waals surface area contributed by atoms with Crippen LogP contribution in [-0.2, 0) is 16.0 Å². The van der Waals surface area contributed by atoms with Gasteiger partial charge in [0.2, 0.25) is 0 Å². The van der Waals surface area contributed by atoms with Crippen LogP contribution < -0.4 is 5.32 Å². The quantitative estimate of drug-likeness (QED) is 0.693. The first-order chi connectivity index (χ1) is 10.1. The number of rotatable bonds is 9. The number of aromatic carboxylic acids is 1. The average Bonchev–Trinajstić information content (AvgIpc) is 2.94. The van der Waals surface area contributed by atoms with Gasteiger partial charge in [-0.2, -0.15) is 0 Å². The number of hydrogen-bond acceptors (Lipinski definition) is 6. The number of methoxy groups -OCH3 is 2. The van der Waals surface area contributed by atoms with Crippen molar-refractivity contribution in [2.45, 2.75) is 6.54 Å². The lowest BCUT2D eigenvalue weighted by Gasteiger charge is -2.22. The number of nitrogens with zero attached hydrogens (tertiary/aromatic N) is 2. The number of carbonyl (C=O) groups is 2. The number of aromatic nitrogens is 1. The van der Waals surface area contributed by atoms with Gasteiger partial charge in [0.05, 0.1) is 19.8 Å². The maximum atomic E-state index is 12.0. The van der Waals surface area contributed by atoms with Crippen molar-refractivity contribution >= 4 is 23.3 Å². The molecule has 1 aromatic rings. The topological polar surface area (TPSA) is 101 Å². The highest BCUT2D eigenvalue weighted by atomic mass is 32.1. The Morgan fingerprint density at radius 1 is 1.33 bits per heavy atom. The van der Waals surface area contributed by atoms with Crippen LogP contribution in [0.3, 0.4) is 0 Å². The largest absolute Gasteiger partial charge is 0.476 e. The summed E-state index contributed by atoms with van der Waals surface area (Å²) >= 11 is 1.19. The monoisotopic (exact) mass is 317 g/mol. The number of amides is 2. The Labute approximate surface area is 126 Å². The molecule has 9 heteroatoms. The molecule has 1 heterocycles. The molecule has 1 aromatic heterocycles. The number of hydrogen-bond donors (Lipinski definition) is 2. The number of urea groups is 1. The molecule has 8 nitrogen and oxygen atoms in total. The van der Waals surface area contributed by atoms with E-state index in [0.29, 0.717) is 31.3 Å². The van der Waals surface area contributed by atoms with Gasteiger partial charge in [0.15, 0.2) is 5.69 Å². The smallest absolute Gasteiger partial charge is 0.355 e. The van der Waals surface area contributed by atoms with Crippen molar-refractivity contribution in [3.63, 3.8) is 0 Å². The Morgan fingerprint density at radius 2 is 1.95 bits per heavy atom. The fourth-order valence-corrected chi connectivity index (χ4v) is 2.18. The molecule has 118 valence electrons. The number of nitrogens with one attached hydrogen (secondary N) is 1. The predicted molar refractivity (Wildman–Crippen MR) is 76.6 cm³/mol. The van der Waals surface area contributed by atoms with Crippen molar-refractivity contribution in [1.82, 2.24) is 15.2 Å². The number of ether oxygens (including phenoxy) is 2. The second-order valence-electron chi connectivity index (χ2n) is 4.06. The number of thiazole rings is 1. The van der Waals surface area contributed by atoms with Crippen LogP contribution in [0.25, 0.3) is 0 Å². The number of carboxylic acids is 1. The van der Waals surface area contributed by atoms with Crippen LogP contribution in [0.15, 0.2) is 5.38 Å². The summed E-state index contributed by atoms with van der Waals surface area (Å²) in [4.78, 5) is 28.2. The third kappa shape index (κ3) is 6.06. The molecule has 2 amide bonds. The molecular weight excluding hydrogens is 298 g/mol. The van der Waals surface area contributed by atoms with Crippen LogP contribution in [-0.4, -0.2) is 67.5 Å². The van der Waals surface area contributed by atoms with E-state index in [1.54, 1.807) is 19.1 Å². The molecule has 21 heavy (non-hydrogen) atoms. The number of carboxylic acid groups (broad SMARTS) is 1. The molecule has 0 aromatic carbocycles. The van der Waals surface area contributed by atoms with E-state index >= 15 is 0 Å². The maximum absolute atomic E-state index is 12.0. The van der Waals surface area contributed by atoms with E-state index in [2.05, 4.69) is 10.3 Å². The predicted octanol–water partition coefficient (Wildman–Crippen LogP) is 0.646. The van der Waals surface area contributed by atoms with Crippen molar-refractivity contribution in [3.8, 4) is 0 Å². The second kappa shape index (κ2) is 9.27. The summed E-state index contributed by atoms with van der Waals surface area (Å²) < 4.78 is 9.91.